The number of phenolic OH excluding ortho intramolecular Hbond substituents is 1. The topological polar surface area (TPSA) is 20.2 Å². The summed E-state index contributed by atoms with van der Waals surface area (Å²) in [6.45, 7) is 6.64. The number of rotatable bonds is 9. The first kappa shape index (κ1) is 19.6. The zero-order valence-electron chi connectivity index (χ0n) is 13.0. The maximum atomic E-state index is 10.4. The second-order valence-electron chi connectivity index (χ2n) is 5.57. The van der Waals surface area contributed by atoms with Crippen molar-refractivity contribution in [3.63, 3.8) is 0 Å². The molecule has 1 aromatic rings. The second-order valence-corrected chi connectivity index (χ2v) is 5.57. The van der Waals surface area contributed by atoms with Crippen molar-refractivity contribution in [2.45, 2.75) is 78.6 Å². The first-order chi connectivity index (χ1) is 9.22. The number of aromatic hydroxyl groups is 1. The first-order valence-electron chi connectivity index (χ1n) is 8.06. The van der Waals surface area contributed by atoms with Gasteiger partial charge in [-0.3, -0.25) is 0 Å². The van der Waals surface area contributed by atoms with Crippen molar-refractivity contribution in [2.24, 2.45) is 0 Å². The first-order valence-corrected chi connectivity index (χ1v) is 8.06. The molecule has 2 heteroatoms. The molecule has 0 saturated heterocycles. The van der Waals surface area contributed by atoms with Crippen LogP contribution in [0.1, 0.15) is 76.0 Å². The Bertz CT molecular complexity index is 345. The summed E-state index contributed by atoms with van der Waals surface area (Å²) < 4.78 is 0. The number of hydrogen-bond donors (Lipinski definition) is 1. The summed E-state index contributed by atoms with van der Waals surface area (Å²) in [6, 6.07) is 4.46. The van der Waals surface area contributed by atoms with Gasteiger partial charge in [0.05, 0.1) is 0 Å². The van der Waals surface area contributed by atoms with Gasteiger partial charge in [0, 0.05) is 0 Å². The van der Waals surface area contributed by atoms with E-state index >= 15 is 0 Å². The minimum atomic E-state index is 0. The van der Waals surface area contributed by atoms with Crippen LogP contribution in [-0.4, -0.2) is 22.5 Å². The lowest BCUT2D eigenvalue weighted by Gasteiger charge is -2.13. The van der Waals surface area contributed by atoms with E-state index in [0.717, 1.165) is 32.1 Å². The van der Waals surface area contributed by atoms with Gasteiger partial charge < -0.3 is 5.11 Å². The van der Waals surface area contributed by atoms with E-state index in [1.165, 1.54) is 42.4 Å². The maximum absolute atomic E-state index is 10.4. The molecule has 0 aliphatic heterocycles. The molecule has 0 unspecified atom stereocenters. The van der Waals surface area contributed by atoms with Crippen LogP contribution in [-0.2, 0) is 19.3 Å². The summed E-state index contributed by atoms with van der Waals surface area (Å²) in [5.41, 5.74) is 3.75. The molecule has 0 radical (unpaired) electrons. The van der Waals surface area contributed by atoms with Crippen LogP contribution in [0.15, 0.2) is 12.1 Å². The Kier molecular flexibility index (Phi) is 11.0. The minimum absolute atomic E-state index is 0. The molecule has 1 N–H and O–H groups in total. The van der Waals surface area contributed by atoms with Gasteiger partial charge in [0.2, 0.25) is 0 Å². The molecule has 0 bridgehead atoms. The maximum Gasteiger partial charge on any atom is 0.187 e. The van der Waals surface area contributed by atoms with E-state index in [1.54, 1.807) is 0 Å². The third kappa shape index (κ3) is 6.33. The predicted octanol–water partition coefficient (Wildman–Crippen LogP) is 4.24. The lowest BCUT2D eigenvalue weighted by atomic mass is 9.95. The molecule has 0 amide bonds. The van der Waals surface area contributed by atoms with Crippen LogP contribution < -0.4 is 0 Å². The fourth-order valence-electron chi connectivity index (χ4n) is 2.47. The van der Waals surface area contributed by atoms with Gasteiger partial charge in [0.1, 0.15) is 5.75 Å². The smallest absolute Gasteiger partial charge is 0.187 e. The van der Waals surface area contributed by atoms with E-state index in [-0.39, 0.29) is 17.4 Å². The van der Waals surface area contributed by atoms with E-state index in [4.69, 9.17) is 0 Å². The summed E-state index contributed by atoms with van der Waals surface area (Å²) in [5.74, 6) is 0.571. The van der Waals surface area contributed by atoms with E-state index < -0.39 is 0 Å². The van der Waals surface area contributed by atoms with Crippen LogP contribution in [0.3, 0.4) is 0 Å². The number of unbranched alkanes of at least 4 members (excludes halogenated alkanes) is 3. The zero-order valence-corrected chi connectivity index (χ0v) is 13.0. The monoisotopic (exact) mass is 292 g/mol. The van der Waals surface area contributed by atoms with Gasteiger partial charge in [0.15, 0.2) is 17.4 Å². The van der Waals surface area contributed by atoms with Gasteiger partial charge in [-0.15, -0.1) is 0 Å². The van der Waals surface area contributed by atoms with Crippen LogP contribution in [0.2, 0.25) is 0 Å². The van der Waals surface area contributed by atoms with Crippen LogP contribution in [0.25, 0.3) is 0 Å². The number of aryl methyl sites for hydroxylation is 3. The summed E-state index contributed by atoms with van der Waals surface area (Å²) in [4.78, 5) is 0. The van der Waals surface area contributed by atoms with Crippen molar-refractivity contribution in [3.8, 4) is 5.75 Å². The van der Waals surface area contributed by atoms with Crippen molar-refractivity contribution in [2.75, 3.05) is 0 Å². The van der Waals surface area contributed by atoms with E-state index in [0.29, 0.717) is 5.75 Å². The summed E-state index contributed by atoms with van der Waals surface area (Å²) in [7, 11) is 0. The fourth-order valence-corrected chi connectivity index (χ4v) is 2.47. The van der Waals surface area contributed by atoms with Gasteiger partial charge in [0.25, 0.3) is 0 Å². The molecule has 1 aromatic carbocycles. The Labute approximate surface area is 135 Å². The molecule has 0 atom stereocenters. The Morgan fingerprint density at radius 2 is 1.15 bits per heavy atom. The quantitative estimate of drug-likeness (QED) is 0.675. The molecule has 0 aliphatic carbocycles. The van der Waals surface area contributed by atoms with Crippen LogP contribution >= 0.6 is 0 Å². The molecule has 0 fully saturated rings. The van der Waals surface area contributed by atoms with Crippen molar-refractivity contribution < 1.29 is 5.11 Å². The molecule has 0 heterocycles. The Balaban J connectivity index is 0.00000361. The Hall–Kier alpha value is -0.448. The average Bonchev–Trinajstić information content (AvgIpc) is 2.43. The lowest BCUT2D eigenvalue weighted by molar-refractivity contribution is 0.458. The molecular weight excluding hydrogens is 259 g/mol. The number of benzene rings is 1. The number of phenols is 1. The zero-order chi connectivity index (χ0) is 14.1. The summed E-state index contributed by atoms with van der Waals surface area (Å²) in [6.07, 6.45) is 10.3. The standard InChI is InChI=1S/C18H30O.Al.3H/c1-4-7-10-15-13-16(11-8-5-2)18(19)17(14-15)12-9-6-3;;;;/h13-14,19H,4-12H2,1-3H3;;;;. The normalized spacial score (nSPS) is 10.3. The molecule has 0 saturated carbocycles. The van der Waals surface area contributed by atoms with Crippen molar-refractivity contribution in [3.05, 3.63) is 28.8 Å². The molecule has 0 spiro atoms. The summed E-state index contributed by atoms with van der Waals surface area (Å²) >= 11 is 0. The van der Waals surface area contributed by atoms with E-state index in [2.05, 4.69) is 32.9 Å². The third-order valence-electron chi connectivity index (χ3n) is 3.75. The average molecular weight is 292 g/mol. The Morgan fingerprint density at radius 1 is 0.750 bits per heavy atom. The van der Waals surface area contributed by atoms with Gasteiger partial charge in [-0.25, -0.2) is 0 Å². The minimum Gasteiger partial charge on any atom is -0.507 e. The molecular formula is C18H33AlO. The van der Waals surface area contributed by atoms with Gasteiger partial charge in [-0.2, -0.15) is 0 Å². The van der Waals surface area contributed by atoms with Crippen LogP contribution in [0.4, 0.5) is 0 Å². The molecule has 0 aliphatic rings. The Morgan fingerprint density at radius 3 is 1.55 bits per heavy atom. The fraction of sp³-hybridized carbons (Fsp3) is 0.667. The van der Waals surface area contributed by atoms with Gasteiger partial charge in [-0.1, -0.05) is 52.2 Å². The van der Waals surface area contributed by atoms with E-state index in [9.17, 15) is 5.11 Å². The van der Waals surface area contributed by atoms with Crippen LogP contribution in [0, 0.1) is 0 Å². The van der Waals surface area contributed by atoms with Crippen molar-refractivity contribution in [1.29, 1.82) is 0 Å². The SMILES string of the molecule is CCCCc1cc(CCCC)c(O)c(CCCC)c1.[AlH3]. The highest BCUT2D eigenvalue weighted by Crippen LogP contribution is 2.28. The highest BCUT2D eigenvalue weighted by molar-refractivity contribution is 5.75. The highest BCUT2D eigenvalue weighted by atomic mass is 27.0. The molecule has 20 heavy (non-hydrogen) atoms. The molecule has 1 nitrogen and oxygen atoms in total. The second kappa shape index (κ2) is 11.2. The van der Waals surface area contributed by atoms with Crippen molar-refractivity contribution >= 4 is 17.4 Å². The molecule has 1 rings (SSSR count). The number of hydrogen-bond acceptors (Lipinski definition) is 1. The van der Waals surface area contributed by atoms with Crippen LogP contribution in [0.5, 0.6) is 5.75 Å². The third-order valence-corrected chi connectivity index (χ3v) is 3.75. The van der Waals surface area contributed by atoms with Crippen molar-refractivity contribution in [1.82, 2.24) is 0 Å². The lowest BCUT2D eigenvalue weighted by Crippen LogP contribution is -1.97. The van der Waals surface area contributed by atoms with Gasteiger partial charge in [-0.05, 0) is 55.2 Å². The molecule has 0 aromatic heterocycles. The predicted molar refractivity (Wildman–Crippen MR) is 93.9 cm³/mol. The van der Waals surface area contributed by atoms with E-state index in [1.807, 2.05) is 0 Å². The molecule has 114 valence electrons. The summed E-state index contributed by atoms with van der Waals surface area (Å²) in [5, 5.41) is 10.4. The highest BCUT2D eigenvalue weighted by Gasteiger charge is 2.09. The van der Waals surface area contributed by atoms with Gasteiger partial charge >= 0.3 is 0 Å². The largest absolute Gasteiger partial charge is 0.507 e.